The van der Waals surface area contributed by atoms with Gasteiger partial charge in [-0.15, -0.1) is 0 Å². The SMILES string of the molecule is Cc1ccc(/C=C/c2ccc(N=Nc3ccc(N=NC4C(=O)CC(=NC#N)NC4=O)c(S(=O)(=O)O)c3)cc2)c(S(=O)(=O)O)c1. The molecule has 3 N–H and O–H groups in total. The van der Waals surface area contributed by atoms with Crippen molar-refractivity contribution >= 4 is 67.0 Å². The third-order valence-electron chi connectivity index (χ3n) is 5.93. The van der Waals surface area contributed by atoms with Crippen LogP contribution in [0.3, 0.4) is 0 Å². The maximum Gasteiger partial charge on any atom is 0.296 e. The predicted molar refractivity (Wildman–Crippen MR) is 156 cm³/mol. The maximum absolute atomic E-state index is 12.2. The van der Waals surface area contributed by atoms with Crippen LogP contribution >= 0.6 is 0 Å². The number of nitrogens with zero attached hydrogens (tertiary/aromatic N) is 6. The zero-order valence-electron chi connectivity index (χ0n) is 22.6. The molecule has 1 fully saturated rings. The number of hydrogen-bond donors (Lipinski definition) is 3. The molecule has 1 aliphatic heterocycles. The van der Waals surface area contributed by atoms with Crippen molar-refractivity contribution < 1.29 is 35.5 Å². The van der Waals surface area contributed by atoms with E-state index >= 15 is 0 Å². The van der Waals surface area contributed by atoms with Gasteiger partial charge in [-0.05, 0) is 60.0 Å². The highest BCUT2D eigenvalue weighted by atomic mass is 32.2. The van der Waals surface area contributed by atoms with E-state index in [9.17, 15) is 35.5 Å². The summed E-state index contributed by atoms with van der Waals surface area (Å²) in [6.45, 7) is 1.70. The van der Waals surface area contributed by atoms with E-state index in [-0.39, 0.29) is 28.5 Å². The van der Waals surface area contributed by atoms with E-state index in [4.69, 9.17) is 5.26 Å². The second-order valence-corrected chi connectivity index (χ2v) is 12.0. The fourth-order valence-electron chi connectivity index (χ4n) is 3.84. The molecule has 0 aromatic heterocycles. The van der Waals surface area contributed by atoms with Crippen LogP contribution in [0.25, 0.3) is 12.2 Å². The summed E-state index contributed by atoms with van der Waals surface area (Å²) in [5.41, 5.74) is 1.65. The minimum atomic E-state index is -4.84. The highest BCUT2D eigenvalue weighted by molar-refractivity contribution is 7.86. The largest absolute Gasteiger partial charge is 0.311 e. The minimum Gasteiger partial charge on any atom is -0.311 e. The Bertz CT molecular complexity index is 2010. The topological polar surface area (TPSA) is 240 Å². The van der Waals surface area contributed by atoms with E-state index in [0.29, 0.717) is 22.4 Å². The molecule has 17 heteroatoms. The van der Waals surface area contributed by atoms with E-state index in [2.05, 4.69) is 30.8 Å². The molecule has 3 aromatic carbocycles. The lowest BCUT2D eigenvalue weighted by Crippen LogP contribution is -2.48. The molecule has 15 nitrogen and oxygen atoms in total. The number of aryl methyl sites for hydroxylation is 1. The number of nitriles is 1. The Balaban J connectivity index is 1.51. The average Bonchev–Trinajstić information content (AvgIpc) is 2.95. The summed E-state index contributed by atoms with van der Waals surface area (Å²) in [4.78, 5) is 26.7. The van der Waals surface area contributed by atoms with Crippen LogP contribution in [0.1, 0.15) is 23.1 Å². The van der Waals surface area contributed by atoms with Gasteiger partial charge in [0.1, 0.15) is 21.3 Å². The van der Waals surface area contributed by atoms with Gasteiger partial charge in [-0.2, -0.15) is 47.5 Å². The molecule has 1 atom stereocenters. The van der Waals surface area contributed by atoms with Gasteiger partial charge >= 0.3 is 0 Å². The maximum atomic E-state index is 12.2. The van der Waals surface area contributed by atoms with Crippen LogP contribution in [0.5, 0.6) is 0 Å². The molecule has 1 aliphatic rings. The zero-order valence-corrected chi connectivity index (χ0v) is 24.2. The Hall–Kier alpha value is -5.28. The molecule has 1 amide bonds. The zero-order chi connectivity index (χ0) is 32.1. The molecule has 0 spiro atoms. The molecule has 0 bridgehead atoms. The molecule has 224 valence electrons. The van der Waals surface area contributed by atoms with Crippen LogP contribution in [0.2, 0.25) is 0 Å². The lowest BCUT2D eigenvalue weighted by atomic mass is 10.1. The number of ketones is 1. The number of carbonyl (C=O) groups excluding carboxylic acids is 2. The summed E-state index contributed by atoms with van der Waals surface area (Å²) in [5.74, 6) is -1.77. The molecule has 44 heavy (non-hydrogen) atoms. The smallest absolute Gasteiger partial charge is 0.296 e. The number of amidine groups is 1. The van der Waals surface area contributed by atoms with Crippen molar-refractivity contribution in [3.63, 3.8) is 0 Å². The Morgan fingerprint density at radius 2 is 1.52 bits per heavy atom. The number of piperidine rings is 1. The number of amides is 1. The third-order valence-corrected chi connectivity index (χ3v) is 7.72. The van der Waals surface area contributed by atoms with Gasteiger partial charge < -0.3 is 5.32 Å². The van der Waals surface area contributed by atoms with E-state index in [1.165, 1.54) is 24.4 Å². The van der Waals surface area contributed by atoms with Gasteiger partial charge in [0, 0.05) is 0 Å². The molecule has 0 radical (unpaired) electrons. The van der Waals surface area contributed by atoms with Crippen LogP contribution in [-0.4, -0.2) is 49.5 Å². The fraction of sp³-hybridized carbons (Fsp3) is 0.111. The Labute approximate surface area is 250 Å². The number of aliphatic imine (C=N–C) groups is 1. The van der Waals surface area contributed by atoms with Gasteiger partial charge in [-0.3, -0.25) is 18.7 Å². The molecular formula is C27H21N7O8S2. The van der Waals surface area contributed by atoms with Gasteiger partial charge in [0.15, 0.2) is 5.78 Å². The summed E-state index contributed by atoms with van der Waals surface area (Å²) in [5, 5.41) is 26.1. The number of hydrogen-bond acceptors (Lipinski definition) is 12. The van der Waals surface area contributed by atoms with Gasteiger partial charge in [-0.1, -0.05) is 36.4 Å². The lowest BCUT2D eigenvalue weighted by molar-refractivity contribution is -0.130. The number of benzene rings is 3. The first-order valence-corrected chi connectivity index (χ1v) is 15.2. The van der Waals surface area contributed by atoms with Crippen LogP contribution in [0, 0.1) is 18.4 Å². The second kappa shape index (κ2) is 12.9. The number of rotatable bonds is 8. The van der Waals surface area contributed by atoms with E-state index in [1.54, 1.807) is 49.4 Å². The fourth-order valence-corrected chi connectivity index (χ4v) is 5.25. The van der Waals surface area contributed by atoms with Gasteiger partial charge in [0.05, 0.1) is 17.8 Å². The quantitative estimate of drug-likeness (QED) is 0.104. The average molecular weight is 636 g/mol. The molecule has 1 saturated heterocycles. The summed E-state index contributed by atoms with van der Waals surface area (Å²) in [7, 11) is -9.26. The summed E-state index contributed by atoms with van der Waals surface area (Å²) in [6, 6.07) is 13.0. The van der Waals surface area contributed by atoms with Crippen molar-refractivity contribution in [3.8, 4) is 6.19 Å². The first kappa shape index (κ1) is 31.7. The molecule has 0 aliphatic carbocycles. The van der Waals surface area contributed by atoms with Crippen LogP contribution in [-0.2, 0) is 29.8 Å². The first-order chi connectivity index (χ1) is 20.7. The van der Waals surface area contributed by atoms with Crippen molar-refractivity contribution in [2.75, 3.05) is 0 Å². The highest BCUT2D eigenvalue weighted by Crippen LogP contribution is 2.31. The molecule has 1 unspecified atom stereocenters. The van der Waals surface area contributed by atoms with Gasteiger partial charge in [0.25, 0.3) is 26.1 Å². The predicted octanol–water partition coefficient (Wildman–Crippen LogP) is 4.50. The van der Waals surface area contributed by atoms with Crippen LogP contribution < -0.4 is 5.32 Å². The first-order valence-electron chi connectivity index (χ1n) is 12.3. The van der Waals surface area contributed by atoms with E-state index in [1.807, 2.05) is 0 Å². The molecular weight excluding hydrogens is 614 g/mol. The van der Waals surface area contributed by atoms with Crippen LogP contribution in [0.15, 0.2) is 95.9 Å². The van der Waals surface area contributed by atoms with Crippen molar-refractivity contribution in [1.29, 1.82) is 5.26 Å². The molecule has 0 saturated carbocycles. The van der Waals surface area contributed by atoms with Crippen molar-refractivity contribution in [1.82, 2.24) is 5.32 Å². The number of azo groups is 2. The van der Waals surface area contributed by atoms with Gasteiger partial charge in [0.2, 0.25) is 12.2 Å². The van der Waals surface area contributed by atoms with E-state index < -0.39 is 42.9 Å². The monoisotopic (exact) mass is 635 g/mol. The Morgan fingerprint density at radius 3 is 2.16 bits per heavy atom. The highest BCUT2D eigenvalue weighted by Gasteiger charge is 2.34. The molecule has 4 rings (SSSR count). The normalized spacial score (nSPS) is 17.0. The second-order valence-electron chi connectivity index (χ2n) is 9.18. The number of nitrogens with one attached hydrogen (secondary N) is 1. The summed E-state index contributed by atoms with van der Waals surface area (Å²) in [6.07, 6.45) is 4.24. The number of carbonyl (C=O) groups is 2. The standard InChI is InChI=1S/C27H21N7O8S2/c1-16-2-6-18(23(12-16)43(37,38)39)7-3-17-4-8-19(9-5-17)31-32-20-10-11-21(24(13-20)44(40,41)42)33-34-26-22(35)14-25(29-15-28)30-27(26)36/h2-13,26H,14H2,1H3,(H,29,30,36)(H,37,38,39)(H,40,41,42)/b7-3+,32-31?,34-33?. The third kappa shape index (κ3) is 7.96. The van der Waals surface area contributed by atoms with Crippen LogP contribution in [0.4, 0.5) is 17.1 Å². The summed E-state index contributed by atoms with van der Waals surface area (Å²) < 4.78 is 66.6. The molecule has 1 heterocycles. The minimum absolute atomic E-state index is 0.0153. The van der Waals surface area contributed by atoms with E-state index in [0.717, 1.165) is 12.1 Å². The number of Topliss-reactive ketones (excluding diaryl/α,β-unsaturated/α-hetero) is 1. The van der Waals surface area contributed by atoms with Crippen molar-refractivity contribution in [2.24, 2.45) is 25.4 Å². The lowest BCUT2D eigenvalue weighted by Gasteiger charge is -2.17. The van der Waals surface area contributed by atoms with Gasteiger partial charge in [-0.25, -0.2) is 0 Å². The Kier molecular flexibility index (Phi) is 9.30. The summed E-state index contributed by atoms with van der Waals surface area (Å²) >= 11 is 0. The molecule has 3 aromatic rings. The van der Waals surface area contributed by atoms with Crippen molar-refractivity contribution in [2.45, 2.75) is 29.2 Å². The Morgan fingerprint density at radius 1 is 0.864 bits per heavy atom. The van der Waals surface area contributed by atoms with Crippen molar-refractivity contribution in [3.05, 3.63) is 77.4 Å².